The lowest BCUT2D eigenvalue weighted by molar-refractivity contribution is 0.487. The van der Waals surface area contributed by atoms with Crippen molar-refractivity contribution in [2.24, 2.45) is 5.14 Å². The van der Waals surface area contributed by atoms with Crippen LogP contribution >= 0.6 is 0 Å². The third-order valence-corrected chi connectivity index (χ3v) is 6.59. The Morgan fingerprint density at radius 2 is 1.75 bits per heavy atom. The highest BCUT2D eigenvalue weighted by Gasteiger charge is 2.18. The molecule has 0 bridgehead atoms. The summed E-state index contributed by atoms with van der Waals surface area (Å²) in [6.45, 7) is 0. The fraction of sp³-hybridized carbons (Fsp3) is 0.105. The molecule has 2 aromatic heterocycles. The number of nitrogens with two attached hydrogens (primary N) is 1. The molecule has 17 heteroatoms. The van der Waals surface area contributed by atoms with E-state index >= 15 is 0 Å². The molecule has 0 saturated carbocycles. The second kappa shape index (κ2) is 9.78. The topological polar surface area (TPSA) is 200 Å². The van der Waals surface area contributed by atoms with E-state index in [1.54, 1.807) is 36.7 Å². The number of nitrogens with one attached hydrogen (secondary N) is 1. The van der Waals surface area contributed by atoms with E-state index in [-0.39, 0.29) is 17.4 Å². The van der Waals surface area contributed by atoms with Gasteiger partial charge in [-0.1, -0.05) is 0 Å². The normalized spacial score (nSPS) is 12.9. The van der Waals surface area contributed by atoms with Crippen molar-refractivity contribution in [1.29, 1.82) is 0 Å². The molecule has 4 aromatic rings. The van der Waals surface area contributed by atoms with Crippen LogP contribution in [0.3, 0.4) is 0 Å². The molecule has 4 rings (SSSR count). The fourth-order valence-electron chi connectivity index (χ4n) is 3.11. The smallest absolute Gasteiger partial charge is 0.371 e. The van der Waals surface area contributed by atoms with Crippen molar-refractivity contribution < 1.29 is 29.8 Å². The van der Waals surface area contributed by atoms with Crippen LogP contribution < -0.4 is 18.9 Å². The zero-order valence-corrected chi connectivity index (χ0v) is 20.9. The summed E-state index contributed by atoms with van der Waals surface area (Å²) in [6, 6.07) is 12.1. The zero-order chi connectivity index (χ0) is 26.1. The third kappa shape index (κ3) is 6.32. The summed E-state index contributed by atoms with van der Waals surface area (Å²) in [6.07, 6.45) is 4.09. The molecule has 1 atom stereocenters. The number of nitrogens with zero attached hydrogens (tertiary/aromatic N) is 5. The molecule has 0 amide bonds. The van der Waals surface area contributed by atoms with E-state index in [1.807, 2.05) is 0 Å². The molecule has 0 spiro atoms. The minimum absolute atomic E-state index is 0.0401. The molecule has 1 unspecified atom stereocenters. The molecular weight excluding hydrogens is 534 g/mol. The molecule has 2 heterocycles. The van der Waals surface area contributed by atoms with Gasteiger partial charge in [-0.15, -0.1) is 0 Å². The Bertz CT molecular complexity index is 1640. The van der Waals surface area contributed by atoms with Gasteiger partial charge in [0.25, 0.3) is 11.3 Å². The largest absolute Gasteiger partial charge is 0.380 e. The van der Waals surface area contributed by atoms with E-state index in [1.165, 1.54) is 28.9 Å². The Morgan fingerprint density at radius 1 is 1.08 bits per heavy atom. The summed E-state index contributed by atoms with van der Waals surface area (Å²) < 4.78 is 73.3. The van der Waals surface area contributed by atoms with Crippen LogP contribution in [0, 0.1) is 0 Å². The molecule has 2 aromatic carbocycles. The maximum atomic E-state index is 11.6. The average Bonchev–Trinajstić information content (AvgIpc) is 3.20. The Hall–Kier alpha value is -3.64. The molecule has 0 aliphatic carbocycles. The third-order valence-electron chi connectivity index (χ3n) is 4.55. The Morgan fingerprint density at radius 3 is 2.33 bits per heavy atom. The summed E-state index contributed by atoms with van der Waals surface area (Å²) >= 11 is -2.53. The van der Waals surface area contributed by atoms with E-state index in [0.717, 1.165) is 10.6 Å². The number of hydrogen-bond acceptors (Lipinski definition) is 10. The van der Waals surface area contributed by atoms with Crippen LogP contribution in [-0.2, 0) is 31.4 Å². The summed E-state index contributed by atoms with van der Waals surface area (Å²) in [5.41, 5.74) is 1.80. The Labute approximate surface area is 208 Å². The summed E-state index contributed by atoms with van der Waals surface area (Å²) in [5.74, 6) is -0.356. The van der Waals surface area contributed by atoms with E-state index in [9.17, 15) is 25.6 Å². The number of benzene rings is 2. The van der Waals surface area contributed by atoms with E-state index in [2.05, 4.69) is 24.6 Å². The van der Waals surface area contributed by atoms with Crippen LogP contribution in [0.2, 0.25) is 0 Å². The number of rotatable bonds is 9. The van der Waals surface area contributed by atoms with Crippen molar-refractivity contribution in [1.82, 2.24) is 19.7 Å². The molecule has 14 nitrogen and oxygen atoms in total. The molecule has 4 N–H and O–H groups in total. The minimum Gasteiger partial charge on any atom is -0.371 e. The van der Waals surface area contributed by atoms with Crippen molar-refractivity contribution in [3.05, 3.63) is 60.9 Å². The van der Waals surface area contributed by atoms with Gasteiger partial charge in [0.2, 0.25) is 5.95 Å². The zero-order valence-electron chi connectivity index (χ0n) is 18.4. The molecular formula is C19H19N7O7S3. The minimum atomic E-state index is -4.14. The van der Waals surface area contributed by atoms with Gasteiger partial charge in [-0.25, -0.2) is 22.3 Å². The van der Waals surface area contributed by atoms with Gasteiger partial charge in [0, 0.05) is 18.1 Å². The molecule has 0 aliphatic rings. The first-order valence-corrected chi connectivity index (χ1v) is 14.4. The molecule has 36 heavy (non-hydrogen) atoms. The lowest BCUT2D eigenvalue weighted by Gasteiger charge is -2.19. The van der Waals surface area contributed by atoms with Gasteiger partial charge in [0.15, 0.2) is 15.5 Å². The SMILES string of the molecule is CS(=O)(=O)CN(c1ccc(Nc2ncc3cnn(-c4ccc(OS(N)(=O)=O)cc4)c3n2)cc1)S(=O)O. The second-order valence-corrected chi connectivity index (χ2v) is 11.6. The van der Waals surface area contributed by atoms with Gasteiger partial charge in [-0.2, -0.15) is 23.6 Å². The summed E-state index contributed by atoms with van der Waals surface area (Å²) in [5, 5.41) is 12.8. The van der Waals surface area contributed by atoms with Gasteiger partial charge in [-0.05, 0) is 48.5 Å². The number of anilines is 3. The van der Waals surface area contributed by atoms with Gasteiger partial charge in [0.05, 0.1) is 23.0 Å². The lowest BCUT2D eigenvalue weighted by atomic mass is 10.3. The van der Waals surface area contributed by atoms with Gasteiger partial charge < -0.3 is 9.50 Å². The molecule has 190 valence electrons. The monoisotopic (exact) mass is 553 g/mol. The molecule has 0 radical (unpaired) electrons. The Balaban J connectivity index is 1.56. The van der Waals surface area contributed by atoms with Crippen molar-refractivity contribution in [2.45, 2.75) is 0 Å². The standard InChI is InChI=1S/C19H19N7O7S3/c1-35(29,30)12-25(34(27)28)15-4-2-14(3-5-15)23-19-21-10-13-11-22-26(18(13)24-19)16-6-8-17(9-7-16)33-36(20,31)32/h2-11H,12H2,1H3,(H,27,28)(H2,20,31,32)(H,21,23,24). The van der Waals surface area contributed by atoms with Crippen molar-refractivity contribution in [3.8, 4) is 11.4 Å². The maximum Gasteiger partial charge on any atom is 0.380 e. The van der Waals surface area contributed by atoms with Crippen molar-refractivity contribution in [3.63, 3.8) is 0 Å². The lowest BCUT2D eigenvalue weighted by Crippen LogP contribution is -2.30. The highest BCUT2D eigenvalue weighted by atomic mass is 32.2. The summed E-state index contributed by atoms with van der Waals surface area (Å²) in [7, 11) is -7.68. The van der Waals surface area contributed by atoms with Gasteiger partial charge in [-0.3, -0.25) is 8.86 Å². The van der Waals surface area contributed by atoms with E-state index < -0.39 is 37.3 Å². The molecule has 0 aliphatic heterocycles. The summed E-state index contributed by atoms with van der Waals surface area (Å²) in [4.78, 5) is 8.72. The van der Waals surface area contributed by atoms with E-state index in [0.29, 0.717) is 22.4 Å². The van der Waals surface area contributed by atoms with Gasteiger partial charge in [0.1, 0.15) is 11.6 Å². The number of sulfone groups is 1. The van der Waals surface area contributed by atoms with Crippen LogP contribution in [0.5, 0.6) is 5.75 Å². The predicted molar refractivity (Wildman–Crippen MR) is 133 cm³/mol. The average molecular weight is 554 g/mol. The Kier molecular flexibility index (Phi) is 6.92. The first-order chi connectivity index (χ1) is 16.9. The highest BCUT2D eigenvalue weighted by Crippen LogP contribution is 2.24. The molecule has 0 saturated heterocycles. The second-order valence-electron chi connectivity index (χ2n) is 7.43. The van der Waals surface area contributed by atoms with E-state index in [4.69, 9.17) is 5.14 Å². The molecule has 0 fully saturated rings. The van der Waals surface area contributed by atoms with Crippen LogP contribution in [0.15, 0.2) is 60.9 Å². The predicted octanol–water partition coefficient (Wildman–Crippen LogP) is 1.09. The van der Waals surface area contributed by atoms with Gasteiger partial charge >= 0.3 is 10.3 Å². The van der Waals surface area contributed by atoms with Crippen LogP contribution in [0.25, 0.3) is 16.7 Å². The fourth-order valence-corrected chi connectivity index (χ4v) is 5.30. The number of hydrogen-bond donors (Lipinski definition) is 3. The van der Waals surface area contributed by atoms with Crippen LogP contribution in [0.1, 0.15) is 0 Å². The van der Waals surface area contributed by atoms with Crippen molar-refractivity contribution >= 4 is 59.8 Å². The van der Waals surface area contributed by atoms with Crippen LogP contribution in [0.4, 0.5) is 17.3 Å². The first-order valence-electron chi connectivity index (χ1n) is 9.85. The maximum absolute atomic E-state index is 11.6. The van der Waals surface area contributed by atoms with Crippen molar-refractivity contribution in [2.75, 3.05) is 21.8 Å². The number of aromatic nitrogens is 4. The quantitative estimate of drug-likeness (QED) is 0.251. The number of fused-ring (bicyclic) bond motifs is 1. The highest BCUT2D eigenvalue weighted by molar-refractivity contribution is 7.92. The van der Waals surface area contributed by atoms with Crippen LogP contribution in [-0.4, -0.2) is 57.5 Å². The first kappa shape index (κ1) is 25.5.